The molecule has 0 saturated carbocycles. The summed E-state index contributed by atoms with van der Waals surface area (Å²) in [6.07, 6.45) is -2.61. The van der Waals surface area contributed by atoms with E-state index in [9.17, 15) is 22.7 Å². The van der Waals surface area contributed by atoms with Gasteiger partial charge in [0.15, 0.2) is 0 Å². The second kappa shape index (κ2) is 11.5. The lowest BCUT2D eigenvalue weighted by atomic mass is 9.94. The molecular weight excluding hydrogens is 522 g/mol. The summed E-state index contributed by atoms with van der Waals surface area (Å²) in [5.41, 5.74) is -0.484. The molecule has 1 aliphatic rings. The molecule has 1 fully saturated rings. The number of piperazine rings is 1. The number of halogens is 5. The van der Waals surface area contributed by atoms with Crippen LogP contribution < -0.4 is 9.64 Å². The number of nitrogens with zero attached hydrogens (tertiary/aromatic N) is 3. The number of hydrogen-bond donors (Lipinski definition) is 1. The predicted octanol–water partition coefficient (Wildman–Crippen LogP) is 6.45. The van der Waals surface area contributed by atoms with Crippen LogP contribution in [0.15, 0.2) is 60.8 Å². The fourth-order valence-corrected chi connectivity index (χ4v) is 4.96. The minimum Gasteiger partial charge on any atom is -0.494 e. The molecule has 38 heavy (non-hydrogen) atoms. The van der Waals surface area contributed by atoms with Gasteiger partial charge in [0.25, 0.3) is 0 Å². The molecule has 5 nitrogen and oxygen atoms in total. The van der Waals surface area contributed by atoms with E-state index in [1.165, 1.54) is 18.2 Å². The van der Waals surface area contributed by atoms with E-state index >= 15 is 0 Å². The van der Waals surface area contributed by atoms with Gasteiger partial charge in [0.1, 0.15) is 22.9 Å². The van der Waals surface area contributed by atoms with Crippen LogP contribution in [0.25, 0.3) is 0 Å². The first-order valence-electron chi connectivity index (χ1n) is 12.4. The van der Waals surface area contributed by atoms with Crippen molar-refractivity contribution >= 4 is 17.3 Å². The number of alkyl halides is 3. The number of aliphatic hydroxyl groups is 1. The Hall–Kier alpha value is -2.88. The molecule has 2 atom stereocenters. The van der Waals surface area contributed by atoms with E-state index in [0.717, 1.165) is 29.9 Å². The molecule has 1 aromatic heterocycles. The quantitative estimate of drug-likeness (QED) is 0.326. The number of aromatic nitrogens is 1. The zero-order chi connectivity index (χ0) is 27.5. The van der Waals surface area contributed by atoms with Crippen LogP contribution in [-0.2, 0) is 11.8 Å². The third kappa shape index (κ3) is 6.57. The van der Waals surface area contributed by atoms with Crippen LogP contribution in [0.1, 0.15) is 43.1 Å². The summed E-state index contributed by atoms with van der Waals surface area (Å²) in [4.78, 5) is 7.67. The molecule has 0 aliphatic carbocycles. The number of ether oxygens (including phenoxy) is 1. The maximum Gasteiger partial charge on any atom is 0.433 e. The first-order chi connectivity index (χ1) is 18.0. The van der Waals surface area contributed by atoms with Crippen molar-refractivity contribution in [3.63, 3.8) is 0 Å². The van der Waals surface area contributed by atoms with E-state index < -0.39 is 17.5 Å². The molecule has 1 N–H and O–H groups in total. The number of rotatable bonds is 8. The Balaban J connectivity index is 1.57. The Morgan fingerprint density at radius 3 is 2.42 bits per heavy atom. The first kappa shape index (κ1) is 28.1. The van der Waals surface area contributed by atoms with Gasteiger partial charge in [-0.2, -0.15) is 13.2 Å². The zero-order valence-electron chi connectivity index (χ0n) is 21.2. The summed E-state index contributed by atoms with van der Waals surface area (Å²) in [5, 5.41) is 11.7. The Morgan fingerprint density at radius 2 is 1.82 bits per heavy atom. The van der Waals surface area contributed by atoms with Crippen molar-refractivity contribution in [1.82, 2.24) is 9.88 Å². The van der Waals surface area contributed by atoms with Crippen LogP contribution in [0.5, 0.6) is 5.75 Å². The van der Waals surface area contributed by atoms with E-state index in [2.05, 4.69) is 9.88 Å². The van der Waals surface area contributed by atoms with Crippen molar-refractivity contribution in [2.45, 2.75) is 38.1 Å². The molecule has 0 bridgehead atoms. The highest BCUT2D eigenvalue weighted by molar-refractivity contribution is 6.33. The lowest BCUT2D eigenvalue weighted by molar-refractivity contribution is -0.141. The molecule has 2 heterocycles. The SMILES string of the molecule is CCCOc1ccc(N2CCN(C[C@@](C)(O)c3ccc(C(F)(F)F)nc3)C[C@H]2c2ccc(F)cc2)c(Cl)c1. The Kier molecular flexibility index (Phi) is 8.49. The molecule has 204 valence electrons. The normalized spacial score (nSPS) is 18.3. The smallest absolute Gasteiger partial charge is 0.433 e. The lowest BCUT2D eigenvalue weighted by Crippen LogP contribution is -2.52. The van der Waals surface area contributed by atoms with Gasteiger partial charge in [-0.15, -0.1) is 0 Å². The lowest BCUT2D eigenvalue weighted by Gasteiger charge is -2.45. The summed E-state index contributed by atoms with van der Waals surface area (Å²) in [5.74, 6) is 0.333. The molecule has 1 saturated heterocycles. The largest absolute Gasteiger partial charge is 0.494 e. The molecule has 0 amide bonds. The van der Waals surface area contributed by atoms with Crippen LogP contribution in [-0.4, -0.2) is 47.8 Å². The minimum atomic E-state index is -4.55. The monoisotopic (exact) mass is 551 g/mol. The van der Waals surface area contributed by atoms with Gasteiger partial charge in [0.2, 0.25) is 0 Å². The second-order valence-corrected chi connectivity index (χ2v) is 10.1. The van der Waals surface area contributed by atoms with Crippen molar-refractivity contribution in [3.8, 4) is 5.75 Å². The topological polar surface area (TPSA) is 48.8 Å². The zero-order valence-corrected chi connectivity index (χ0v) is 21.9. The summed E-state index contributed by atoms with van der Waals surface area (Å²) in [7, 11) is 0. The maximum absolute atomic E-state index is 13.7. The van der Waals surface area contributed by atoms with Gasteiger partial charge in [-0.25, -0.2) is 4.39 Å². The highest BCUT2D eigenvalue weighted by Gasteiger charge is 2.36. The van der Waals surface area contributed by atoms with E-state index in [1.807, 2.05) is 24.0 Å². The van der Waals surface area contributed by atoms with Crippen molar-refractivity contribution in [1.29, 1.82) is 0 Å². The summed E-state index contributed by atoms with van der Waals surface area (Å²) < 4.78 is 58.2. The van der Waals surface area contributed by atoms with Gasteiger partial charge in [-0.05, 0) is 49.2 Å². The maximum atomic E-state index is 13.7. The highest BCUT2D eigenvalue weighted by Crippen LogP contribution is 2.38. The molecule has 0 spiro atoms. The van der Waals surface area contributed by atoms with Crippen LogP contribution in [0.4, 0.5) is 23.2 Å². The highest BCUT2D eigenvalue weighted by atomic mass is 35.5. The fraction of sp³-hybridized carbons (Fsp3) is 0.393. The number of pyridine rings is 1. The minimum absolute atomic E-state index is 0.170. The van der Waals surface area contributed by atoms with E-state index in [0.29, 0.717) is 37.0 Å². The summed E-state index contributed by atoms with van der Waals surface area (Å²) in [6, 6.07) is 13.7. The Bertz CT molecular complexity index is 1220. The third-order valence-corrected chi connectivity index (χ3v) is 6.93. The van der Waals surface area contributed by atoms with Crippen LogP contribution >= 0.6 is 11.6 Å². The summed E-state index contributed by atoms with van der Waals surface area (Å²) in [6.45, 7) is 5.92. The van der Waals surface area contributed by atoms with Crippen molar-refractivity contribution < 1.29 is 27.4 Å². The number of anilines is 1. The molecule has 4 rings (SSSR count). The van der Waals surface area contributed by atoms with Crippen LogP contribution in [0.2, 0.25) is 5.02 Å². The first-order valence-corrected chi connectivity index (χ1v) is 12.8. The van der Waals surface area contributed by atoms with Crippen molar-refractivity contribution in [2.75, 3.05) is 37.7 Å². The van der Waals surface area contributed by atoms with Gasteiger partial charge in [0.05, 0.1) is 23.4 Å². The summed E-state index contributed by atoms with van der Waals surface area (Å²) >= 11 is 6.67. The van der Waals surface area contributed by atoms with Crippen LogP contribution in [0.3, 0.4) is 0 Å². The number of benzene rings is 2. The fourth-order valence-electron chi connectivity index (χ4n) is 4.68. The van der Waals surface area contributed by atoms with E-state index in [1.54, 1.807) is 25.1 Å². The third-order valence-electron chi connectivity index (χ3n) is 6.63. The number of β-amino-alcohol motifs (C(OH)–C–C–N with tert-alkyl or cyclic N) is 1. The van der Waals surface area contributed by atoms with E-state index in [-0.39, 0.29) is 24.0 Å². The van der Waals surface area contributed by atoms with Crippen molar-refractivity contribution in [2.24, 2.45) is 0 Å². The van der Waals surface area contributed by atoms with Gasteiger partial charge < -0.3 is 14.7 Å². The van der Waals surface area contributed by atoms with Crippen molar-refractivity contribution in [3.05, 3.63) is 88.5 Å². The molecule has 10 heteroatoms. The standard InChI is InChI=1S/C28H30ClF4N3O2/c1-3-14-38-22-9-10-24(23(29)15-22)36-13-12-35(17-25(36)19-4-7-21(30)8-5-19)18-27(2,37)20-6-11-26(34-16-20)28(31,32)33/h4-11,15-16,25,37H,3,12-14,17-18H2,1-2H3/t25-,27+/m0/s1. The molecule has 1 aliphatic heterocycles. The van der Waals surface area contributed by atoms with Gasteiger partial charge in [-0.1, -0.05) is 36.7 Å². The molecule has 0 unspecified atom stereocenters. The Morgan fingerprint density at radius 1 is 1.08 bits per heavy atom. The predicted molar refractivity (Wildman–Crippen MR) is 139 cm³/mol. The molecule has 2 aromatic carbocycles. The molecular formula is C28H30ClF4N3O2. The Labute approximate surface area is 224 Å². The van der Waals surface area contributed by atoms with Crippen LogP contribution in [0, 0.1) is 5.82 Å². The van der Waals surface area contributed by atoms with Gasteiger partial charge >= 0.3 is 6.18 Å². The van der Waals surface area contributed by atoms with Gasteiger partial charge in [0, 0.05) is 44.0 Å². The molecule has 3 aromatic rings. The molecule has 0 radical (unpaired) electrons. The average molecular weight is 552 g/mol. The van der Waals surface area contributed by atoms with E-state index in [4.69, 9.17) is 16.3 Å². The average Bonchev–Trinajstić information content (AvgIpc) is 2.87. The second-order valence-electron chi connectivity index (χ2n) is 9.66. The number of hydrogen-bond acceptors (Lipinski definition) is 5. The van der Waals surface area contributed by atoms with Gasteiger partial charge in [-0.3, -0.25) is 9.88 Å².